The maximum absolute atomic E-state index is 12.9. The molecule has 6 heteroatoms. The number of anilines is 1. The van der Waals surface area contributed by atoms with Crippen molar-refractivity contribution in [3.05, 3.63) is 29.8 Å². The van der Waals surface area contributed by atoms with Gasteiger partial charge in [-0.2, -0.15) is 0 Å². The number of nitrogens with one attached hydrogen (secondary N) is 1. The van der Waals surface area contributed by atoms with E-state index in [4.69, 9.17) is 0 Å². The molecule has 1 N–H and O–H groups in total. The van der Waals surface area contributed by atoms with Crippen LogP contribution in [0.15, 0.2) is 24.3 Å². The predicted octanol–water partition coefficient (Wildman–Crippen LogP) is 2.10. The summed E-state index contributed by atoms with van der Waals surface area (Å²) in [6.45, 7) is 8.05. The molecule has 1 amide bonds. The van der Waals surface area contributed by atoms with Gasteiger partial charge in [0, 0.05) is 37.9 Å². The fraction of sp³-hybridized carbons (Fsp3) is 0.562. The van der Waals surface area contributed by atoms with E-state index in [2.05, 4.69) is 35.3 Å². The Bertz CT molecular complexity index is 506. The molecule has 1 aromatic rings. The summed E-state index contributed by atoms with van der Waals surface area (Å²) < 4.78 is 0. The first kappa shape index (κ1) is 19.2. The molecule has 2 heterocycles. The highest BCUT2D eigenvalue weighted by atomic mass is 35.5. The van der Waals surface area contributed by atoms with E-state index in [0.29, 0.717) is 0 Å². The molecule has 0 spiro atoms. The molecular formula is C16H25Cl2N3O. The molecule has 0 saturated carbocycles. The lowest BCUT2D eigenvalue weighted by Crippen LogP contribution is -2.54. The van der Waals surface area contributed by atoms with Crippen LogP contribution in [0, 0.1) is 0 Å². The lowest BCUT2D eigenvalue weighted by atomic mass is 10.1. The van der Waals surface area contributed by atoms with E-state index < -0.39 is 0 Å². The summed E-state index contributed by atoms with van der Waals surface area (Å²) in [6.07, 6.45) is 0.968. The van der Waals surface area contributed by atoms with Crippen LogP contribution in [0.25, 0.3) is 0 Å². The Labute approximate surface area is 145 Å². The van der Waals surface area contributed by atoms with Gasteiger partial charge in [-0.1, -0.05) is 18.2 Å². The van der Waals surface area contributed by atoms with Crippen LogP contribution in [0.4, 0.5) is 5.69 Å². The van der Waals surface area contributed by atoms with E-state index >= 15 is 0 Å². The molecule has 1 fully saturated rings. The topological polar surface area (TPSA) is 35.6 Å². The van der Waals surface area contributed by atoms with Crippen LogP contribution in [0.2, 0.25) is 0 Å². The third kappa shape index (κ3) is 3.57. The number of benzene rings is 1. The highest BCUT2D eigenvalue weighted by Crippen LogP contribution is 2.32. The van der Waals surface area contributed by atoms with Gasteiger partial charge in [0.2, 0.25) is 5.91 Å². The smallest absolute Gasteiger partial charge is 0.244 e. The van der Waals surface area contributed by atoms with Gasteiger partial charge in [0.25, 0.3) is 0 Å². The molecular weight excluding hydrogens is 321 g/mol. The molecule has 2 aliphatic heterocycles. The predicted molar refractivity (Wildman–Crippen MR) is 95.5 cm³/mol. The summed E-state index contributed by atoms with van der Waals surface area (Å²) >= 11 is 0. The second-order valence-electron chi connectivity index (χ2n) is 5.85. The Morgan fingerprint density at radius 3 is 2.55 bits per heavy atom. The van der Waals surface area contributed by atoms with Gasteiger partial charge >= 0.3 is 0 Å². The second kappa shape index (κ2) is 8.16. The van der Waals surface area contributed by atoms with Crippen molar-refractivity contribution < 1.29 is 4.79 Å². The number of para-hydroxylation sites is 1. The molecule has 1 aromatic carbocycles. The number of rotatable bonds is 2. The zero-order valence-electron chi connectivity index (χ0n) is 13.1. The van der Waals surface area contributed by atoms with Gasteiger partial charge in [0.05, 0.1) is 6.04 Å². The lowest BCUT2D eigenvalue weighted by Gasteiger charge is -2.35. The van der Waals surface area contributed by atoms with Gasteiger partial charge in [-0.15, -0.1) is 24.8 Å². The van der Waals surface area contributed by atoms with Crippen LogP contribution in [-0.2, 0) is 11.2 Å². The molecule has 0 bridgehead atoms. The first-order valence-electron chi connectivity index (χ1n) is 7.54. The fourth-order valence-corrected chi connectivity index (χ4v) is 3.33. The summed E-state index contributed by atoms with van der Waals surface area (Å²) in [5, 5.41) is 3.34. The Morgan fingerprint density at radius 2 is 1.86 bits per heavy atom. The fourth-order valence-electron chi connectivity index (χ4n) is 3.33. The maximum Gasteiger partial charge on any atom is 0.244 e. The van der Waals surface area contributed by atoms with Crippen molar-refractivity contribution in [2.24, 2.45) is 0 Å². The summed E-state index contributed by atoms with van der Waals surface area (Å²) in [7, 11) is 0. The maximum atomic E-state index is 12.9. The number of halogens is 2. The first-order valence-corrected chi connectivity index (χ1v) is 7.54. The molecule has 2 aliphatic rings. The van der Waals surface area contributed by atoms with Crippen molar-refractivity contribution in [2.45, 2.75) is 32.4 Å². The normalized spacial score (nSPS) is 22.3. The zero-order valence-corrected chi connectivity index (χ0v) is 14.8. The number of piperazine rings is 1. The summed E-state index contributed by atoms with van der Waals surface area (Å²) in [4.78, 5) is 17.2. The van der Waals surface area contributed by atoms with Gasteiger partial charge in [-0.3, -0.25) is 9.69 Å². The molecule has 124 valence electrons. The van der Waals surface area contributed by atoms with E-state index in [9.17, 15) is 4.79 Å². The first-order chi connectivity index (χ1) is 9.68. The number of carbonyl (C=O) groups excluding carboxylic acids is 1. The van der Waals surface area contributed by atoms with Crippen LogP contribution in [0.1, 0.15) is 19.4 Å². The van der Waals surface area contributed by atoms with Crippen LogP contribution in [0.5, 0.6) is 0 Å². The van der Waals surface area contributed by atoms with Crippen molar-refractivity contribution in [1.29, 1.82) is 0 Å². The quantitative estimate of drug-likeness (QED) is 0.891. The minimum atomic E-state index is -0.0364. The summed E-state index contributed by atoms with van der Waals surface area (Å²) in [6, 6.07) is 8.51. The minimum absolute atomic E-state index is 0. The van der Waals surface area contributed by atoms with Crippen molar-refractivity contribution in [2.75, 3.05) is 31.1 Å². The highest BCUT2D eigenvalue weighted by molar-refractivity contribution is 5.99. The van der Waals surface area contributed by atoms with Gasteiger partial charge in [-0.25, -0.2) is 0 Å². The van der Waals surface area contributed by atoms with Gasteiger partial charge in [0.1, 0.15) is 0 Å². The lowest BCUT2D eigenvalue weighted by molar-refractivity contribution is -0.123. The number of carbonyl (C=O) groups is 1. The van der Waals surface area contributed by atoms with E-state index in [-0.39, 0.29) is 42.8 Å². The van der Waals surface area contributed by atoms with Crippen LogP contribution >= 0.6 is 24.8 Å². The van der Waals surface area contributed by atoms with E-state index in [0.717, 1.165) is 38.3 Å². The van der Waals surface area contributed by atoms with Crippen molar-refractivity contribution in [3.8, 4) is 0 Å². The van der Waals surface area contributed by atoms with Gasteiger partial charge in [-0.05, 0) is 31.9 Å². The highest BCUT2D eigenvalue weighted by Gasteiger charge is 2.35. The molecule has 0 aliphatic carbocycles. The third-order valence-electron chi connectivity index (χ3n) is 4.50. The average molecular weight is 346 g/mol. The van der Waals surface area contributed by atoms with Crippen LogP contribution in [-0.4, -0.2) is 49.1 Å². The largest absolute Gasteiger partial charge is 0.314 e. The molecule has 0 radical (unpaired) electrons. The van der Waals surface area contributed by atoms with E-state index in [1.807, 2.05) is 17.9 Å². The van der Waals surface area contributed by atoms with Crippen molar-refractivity contribution in [3.63, 3.8) is 0 Å². The number of hydrogen-bond acceptors (Lipinski definition) is 3. The van der Waals surface area contributed by atoms with Crippen molar-refractivity contribution >= 4 is 36.4 Å². The van der Waals surface area contributed by atoms with Crippen LogP contribution < -0.4 is 10.2 Å². The second-order valence-corrected chi connectivity index (χ2v) is 5.85. The zero-order chi connectivity index (χ0) is 14.1. The molecule has 3 rings (SSSR count). The molecule has 2 unspecified atom stereocenters. The third-order valence-corrected chi connectivity index (χ3v) is 4.50. The standard InChI is InChI=1S/C16H23N3O.2ClH/c1-12-11-14-5-3-4-6-15(14)19(12)16(20)13(2)18-9-7-17-8-10-18;;/h3-6,12-13,17H,7-11H2,1-2H3;2*1H. The Balaban J connectivity index is 0.00000121. The summed E-state index contributed by atoms with van der Waals surface area (Å²) in [5.41, 5.74) is 2.40. The van der Waals surface area contributed by atoms with Crippen LogP contribution in [0.3, 0.4) is 0 Å². The molecule has 0 aromatic heterocycles. The number of fused-ring (bicyclic) bond motifs is 1. The molecule has 1 saturated heterocycles. The molecule has 2 atom stereocenters. The van der Waals surface area contributed by atoms with Gasteiger partial charge < -0.3 is 10.2 Å². The number of hydrogen-bond donors (Lipinski definition) is 1. The monoisotopic (exact) mass is 345 g/mol. The Hall–Kier alpha value is -0.810. The van der Waals surface area contributed by atoms with E-state index in [1.165, 1.54) is 5.56 Å². The van der Waals surface area contributed by atoms with Gasteiger partial charge in [0.15, 0.2) is 0 Å². The van der Waals surface area contributed by atoms with Crippen molar-refractivity contribution in [1.82, 2.24) is 10.2 Å². The Morgan fingerprint density at radius 1 is 1.23 bits per heavy atom. The number of nitrogens with zero attached hydrogens (tertiary/aromatic N) is 2. The average Bonchev–Trinajstić information content (AvgIpc) is 2.82. The Kier molecular flexibility index (Phi) is 7.13. The minimum Gasteiger partial charge on any atom is -0.314 e. The summed E-state index contributed by atoms with van der Waals surface area (Å²) in [5.74, 6) is 0.240. The number of amides is 1. The SMILES string of the molecule is CC(C(=O)N1c2ccccc2CC1C)N1CCNCC1.Cl.Cl. The molecule has 4 nitrogen and oxygen atoms in total. The van der Waals surface area contributed by atoms with E-state index in [1.54, 1.807) is 0 Å². The molecule has 22 heavy (non-hydrogen) atoms.